The van der Waals surface area contributed by atoms with Crippen molar-refractivity contribution in [2.24, 2.45) is 7.05 Å². The number of amides is 1. The van der Waals surface area contributed by atoms with Crippen LogP contribution in [0.2, 0.25) is 0 Å². The van der Waals surface area contributed by atoms with Crippen LogP contribution >= 0.6 is 0 Å². The van der Waals surface area contributed by atoms with Crippen molar-refractivity contribution >= 4 is 16.8 Å². The zero-order valence-corrected chi connectivity index (χ0v) is 20.8. The molecule has 4 rings (SSSR count). The summed E-state index contributed by atoms with van der Waals surface area (Å²) in [6.45, 7) is 9.57. The Bertz CT molecular complexity index is 1470. The van der Waals surface area contributed by atoms with Crippen molar-refractivity contribution < 1.29 is 14.6 Å². The van der Waals surface area contributed by atoms with Crippen LogP contribution in [0.3, 0.4) is 0 Å². The Kier molecular flexibility index (Phi) is 6.25. The fraction of sp³-hybridized carbons (Fsp3) is 0.296. The van der Waals surface area contributed by atoms with E-state index in [2.05, 4.69) is 15.3 Å². The molecule has 0 saturated carbocycles. The number of hydrogen-bond donors (Lipinski definition) is 3. The van der Waals surface area contributed by atoms with E-state index in [4.69, 9.17) is 4.74 Å². The van der Waals surface area contributed by atoms with E-state index in [1.165, 1.54) is 4.57 Å². The van der Waals surface area contributed by atoms with Crippen LogP contribution in [0, 0.1) is 13.8 Å². The highest BCUT2D eigenvalue weighted by atomic mass is 16.5. The minimum absolute atomic E-state index is 0.261. The van der Waals surface area contributed by atoms with Crippen LogP contribution in [0.25, 0.3) is 22.0 Å². The quantitative estimate of drug-likeness (QED) is 0.386. The Hall–Kier alpha value is -3.91. The molecule has 0 unspecified atom stereocenters. The van der Waals surface area contributed by atoms with Gasteiger partial charge in [0.2, 0.25) is 5.88 Å². The lowest BCUT2D eigenvalue weighted by molar-refractivity contribution is 0.0782. The predicted octanol–water partition coefficient (Wildman–Crippen LogP) is 4.31. The molecule has 0 fully saturated rings. The van der Waals surface area contributed by atoms with E-state index < -0.39 is 5.60 Å². The van der Waals surface area contributed by atoms with E-state index in [-0.39, 0.29) is 17.2 Å². The van der Waals surface area contributed by atoms with Crippen LogP contribution in [-0.4, -0.2) is 32.1 Å². The number of aryl methyl sites for hydroxylation is 3. The normalized spacial score (nSPS) is 11.6. The molecule has 0 atom stereocenters. The van der Waals surface area contributed by atoms with Gasteiger partial charge in [-0.05, 0) is 57.9 Å². The van der Waals surface area contributed by atoms with Gasteiger partial charge >= 0.3 is 0 Å². The molecule has 0 radical (unpaired) electrons. The maximum atomic E-state index is 12.9. The standard InChI is InChI=1S/C27H30N4O4/c1-7-28-24(32)21-12-18-20(14-31(6)26(33)22(18)30-21)19-11-17(27(4,5)34)13-29-25(19)35-23-15(2)9-8-10-16(23)3/h8-14,30,34H,7H2,1-6H3,(H,28,32). The molecule has 3 N–H and O–H groups in total. The number of aromatic nitrogens is 3. The summed E-state index contributed by atoms with van der Waals surface area (Å²) in [6, 6.07) is 9.36. The summed E-state index contributed by atoms with van der Waals surface area (Å²) in [4.78, 5) is 33.0. The van der Waals surface area contributed by atoms with Gasteiger partial charge in [0.25, 0.3) is 11.5 Å². The number of hydrogen-bond acceptors (Lipinski definition) is 5. The van der Waals surface area contributed by atoms with Gasteiger partial charge in [-0.25, -0.2) is 4.98 Å². The van der Waals surface area contributed by atoms with Crippen molar-refractivity contribution in [1.29, 1.82) is 0 Å². The molecule has 0 aliphatic rings. The molecule has 4 aromatic rings. The molecule has 0 spiro atoms. The molecule has 1 aromatic carbocycles. The minimum atomic E-state index is -1.15. The van der Waals surface area contributed by atoms with Crippen molar-refractivity contribution in [3.63, 3.8) is 0 Å². The van der Waals surface area contributed by atoms with E-state index in [0.717, 1.165) is 11.1 Å². The van der Waals surface area contributed by atoms with Crippen molar-refractivity contribution in [3.05, 3.63) is 75.5 Å². The van der Waals surface area contributed by atoms with E-state index in [1.54, 1.807) is 39.4 Å². The van der Waals surface area contributed by atoms with Gasteiger partial charge in [-0.2, -0.15) is 0 Å². The number of aliphatic hydroxyl groups is 1. The van der Waals surface area contributed by atoms with Crippen LogP contribution in [0.5, 0.6) is 11.6 Å². The van der Waals surface area contributed by atoms with E-state index >= 15 is 0 Å². The number of nitrogens with one attached hydrogen (secondary N) is 2. The van der Waals surface area contributed by atoms with Gasteiger partial charge in [0, 0.05) is 48.1 Å². The number of benzene rings is 1. The highest BCUT2D eigenvalue weighted by Gasteiger charge is 2.24. The monoisotopic (exact) mass is 474 g/mol. The zero-order chi connectivity index (χ0) is 25.5. The van der Waals surface area contributed by atoms with Gasteiger partial charge in [0.1, 0.15) is 17.0 Å². The Morgan fingerprint density at radius 3 is 2.51 bits per heavy atom. The Labute approximate surface area is 203 Å². The fourth-order valence-electron chi connectivity index (χ4n) is 4.04. The lowest BCUT2D eigenvalue weighted by Crippen LogP contribution is -2.23. The number of carbonyl (C=O) groups is 1. The number of rotatable bonds is 6. The molecule has 8 heteroatoms. The van der Waals surface area contributed by atoms with Gasteiger partial charge in [-0.1, -0.05) is 18.2 Å². The van der Waals surface area contributed by atoms with Crippen molar-refractivity contribution in [2.45, 2.75) is 40.2 Å². The third-order valence-corrected chi connectivity index (χ3v) is 6.00. The number of fused-ring (bicyclic) bond motifs is 1. The maximum Gasteiger partial charge on any atom is 0.274 e. The summed E-state index contributed by atoms with van der Waals surface area (Å²) in [5.74, 6) is 0.721. The van der Waals surface area contributed by atoms with Crippen LogP contribution in [0.15, 0.2) is 47.5 Å². The molecule has 3 aromatic heterocycles. The average Bonchev–Trinajstić information content (AvgIpc) is 3.24. The summed E-state index contributed by atoms with van der Waals surface area (Å²) >= 11 is 0. The van der Waals surface area contributed by atoms with Gasteiger partial charge in [-0.3, -0.25) is 9.59 Å². The lowest BCUT2D eigenvalue weighted by atomic mass is 9.96. The first-order valence-electron chi connectivity index (χ1n) is 11.5. The molecule has 0 aliphatic heterocycles. The first kappa shape index (κ1) is 24.2. The third-order valence-electron chi connectivity index (χ3n) is 6.00. The number of pyridine rings is 2. The van der Waals surface area contributed by atoms with E-state index in [0.29, 0.717) is 45.8 Å². The molecule has 1 amide bonds. The summed E-state index contributed by atoms with van der Waals surface area (Å²) in [6.07, 6.45) is 3.28. The summed E-state index contributed by atoms with van der Waals surface area (Å²) < 4.78 is 7.79. The lowest BCUT2D eigenvalue weighted by Gasteiger charge is -2.21. The molecular weight excluding hydrogens is 444 g/mol. The molecule has 0 aliphatic carbocycles. The molecule has 182 valence electrons. The average molecular weight is 475 g/mol. The number of carbonyl (C=O) groups excluding carboxylic acids is 1. The topological polar surface area (TPSA) is 109 Å². The summed E-state index contributed by atoms with van der Waals surface area (Å²) in [5, 5.41) is 14.0. The van der Waals surface area contributed by atoms with E-state index in [9.17, 15) is 14.7 Å². The van der Waals surface area contributed by atoms with Crippen LogP contribution in [0.1, 0.15) is 48.0 Å². The number of para-hydroxylation sites is 1. The maximum absolute atomic E-state index is 12.9. The smallest absolute Gasteiger partial charge is 0.274 e. The molecule has 0 saturated heterocycles. The second kappa shape index (κ2) is 9.03. The Morgan fingerprint density at radius 1 is 1.20 bits per heavy atom. The van der Waals surface area contributed by atoms with E-state index in [1.807, 2.05) is 45.0 Å². The molecule has 3 heterocycles. The number of nitrogens with zero attached hydrogens (tertiary/aromatic N) is 2. The van der Waals surface area contributed by atoms with Crippen molar-refractivity contribution in [1.82, 2.24) is 19.9 Å². The van der Waals surface area contributed by atoms with Crippen LogP contribution in [0.4, 0.5) is 0 Å². The number of H-pyrrole nitrogens is 1. The van der Waals surface area contributed by atoms with Crippen LogP contribution < -0.4 is 15.6 Å². The van der Waals surface area contributed by atoms with Gasteiger partial charge in [-0.15, -0.1) is 0 Å². The molecule has 0 bridgehead atoms. The second-order valence-corrected chi connectivity index (χ2v) is 9.25. The number of ether oxygens (including phenoxy) is 1. The first-order valence-corrected chi connectivity index (χ1v) is 11.5. The van der Waals surface area contributed by atoms with Crippen molar-refractivity contribution in [2.75, 3.05) is 6.54 Å². The predicted molar refractivity (Wildman–Crippen MR) is 136 cm³/mol. The second-order valence-electron chi connectivity index (χ2n) is 9.25. The highest BCUT2D eigenvalue weighted by Crippen LogP contribution is 2.39. The molecule has 8 nitrogen and oxygen atoms in total. The van der Waals surface area contributed by atoms with Gasteiger partial charge in [0.15, 0.2) is 0 Å². The summed E-state index contributed by atoms with van der Waals surface area (Å²) in [7, 11) is 1.65. The largest absolute Gasteiger partial charge is 0.438 e. The third kappa shape index (κ3) is 4.57. The minimum Gasteiger partial charge on any atom is -0.438 e. The fourth-order valence-corrected chi connectivity index (χ4v) is 4.04. The Morgan fingerprint density at radius 2 is 1.89 bits per heavy atom. The van der Waals surface area contributed by atoms with Crippen LogP contribution in [-0.2, 0) is 12.6 Å². The Balaban J connectivity index is 2.00. The van der Waals surface area contributed by atoms with Crippen molar-refractivity contribution in [3.8, 4) is 22.8 Å². The zero-order valence-electron chi connectivity index (χ0n) is 20.8. The molecule has 35 heavy (non-hydrogen) atoms. The summed E-state index contributed by atoms with van der Waals surface area (Å²) in [5.41, 5.74) is 2.91. The highest BCUT2D eigenvalue weighted by molar-refractivity contribution is 6.03. The van der Waals surface area contributed by atoms with Gasteiger partial charge < -0.3 is 24.7 Å². The van der Waals surface area contributed by atoms with Gasteiger partial charge in [0.05, 0.1) is 5.60 Å². The molecular formula is C27H30N4O4. The number of aromatic amines is 1. The SMILES string of the molecule is CCNC(=O)c1cc2c(-c3cc(C(C)(C)O)cnc3Oc3c(C)cccc3C)cn(C)c(=O)c2[nH]1. The first-order chi connectivity index (χ1) is 16.5.